The highest BCUT2D eigenvalue weighted by Crippen LogP contribution is 2.33. The molecule has 1 aliphatic heterocycles. The second-order valence-electron chi connectivity index (χ2n) is 6.47. The summed E-state index contributed by atoms with van der Waals surface area (Å²) < 4.78 is 9.53. The van der Waals surface area contributed by atoms with E-state index < -0.39 is 17.2 Å². The van der Waals surface area contributed by atoms with Crippen molar-refractivity contribution < 1.29 is 14.6 Å². The fourth-order valence-electron chi connectivity index (χ4n) is 2.37. The molecule has 2 rings (SSSR count). The molecule has 0 saturated carbocycles. The predicted octanol–water partition coefficient (Wildman–Crippen LogP) is 1.90. The normalized spacial score (nSPS) is 20.1. The monoisotopic (exact) mass is 313 g/mol. The molecule has 0 bridgehead atoms. The number of aromatic nitrogens is 1. The molecule has 7 heteroatoms. The third kappa shape index (κ3) is 3.93. The molecule has 1 saturated heterocycles. The first-order chi connectivity index (χ1) is 9.71. The van der Waals surface area contributed by atoms with Crippen LogP contribution in [-0.4, -0.2) is 44.8 Å². The highest BCUT2D eigenvalue weighted by atomic mass is 32.1. The third-order valence-electron chi connectivity index (χ3n) is 3.64. The lowest BCUT2D eigenvalue weighted by atomic mass is 9.83. The minimum Gasteiger partial charge on any atom is -0.444 e. The van der Waals surface area contributed by atoms with Crippen molar-refractivity contribution in [2.45, 2.75) is 50.9 Å². The van der Waals surface area contributed by atoms with Crippen LogP contribution in [0.2, 0.25) is 0 Å². The summed E-state index contributed by atoms with van der Waals surface area (Å²) in [4.78, 5) is 13.6. The number of nitrogens with zero attached hydrogens (tertiary/aromatic N) is 2. The van der Waals surface area contributed by atoms with Crippen LogP contribution in [0.1, 0.15) is 45.3 Å². The van der Waals surface area contributed by atoms with Crippen LogP contribution < -0.4 is 5.73 Å². The largest absolute Gasteiger partial charge is 0.444 e. The Morgan fingerprint density at radius 1 is 1.52 bits per heavy atom. The Kier molecular flexibility index (Phi) is 4.55. The second-order valence-corrected chi connectivity index (χ2v) is 7.14. The van der Waals surface area contributed by atoms with Gasteiger partial charge in [-0.1, -0.05) is 0 Å². The van der Waals surface area contributed by atoms with E-state index in [2.05, 4.69) is 4.37 Å². The maximum absolute atomic E-state index is 12.0. The first-order valence-corrected chi connectivity index (χ1v) is 7.91. The van der Waals surface area contributed by atoms with Crippen molar-refractivity contribution in [1.82, 2.24) is 9.27 Å². The lowest BCUT2D eigenvalue weighted by Gasteiger charge is -2.41. The number of carbonyl (C=O) groups is 1. The van der Waals surface area contributed by atoms with Gasteiger partial charge in [0.25, 0.3) is 0 Å². The molecule has 118 valence electrons. The van der Waals surface area contributed by atoms with E-state index in [1.54, 1.807) is 4.90 Å². The molecule has 1 atom stereocenters. The number of rotatable bonds is 2. The maximum Gasteiger partial charge on any atom is 0.410 e. The summed E-state index contributed by atoms with van der Waals surface area (Å²) in [6.45, 7) is 6.38. The van der Waals surface area contributed by atoms with E-state index in [0.717, 1.165) is 0 Å². The van der Waals surface area contributed by atoms with Crippen LogP contribution in [0.4, 0.5) is 4.79 Å². The van der Waals surface area contributed by atoms with Gasteiger partial charge in [0, 0.05) is 18.5 Å². The molecule has 0 spiro atoms. The first-order valence-electron chi connectivity index (χ1n) is 7.07. The van der Waals surface area contributed by atoms with Crippen LogP contribution in [0.25, 0.3) is 0 Å². The minimum absolute atomic E-state index is 0.341. The quantitative estimate of drug-likeness (QED) is 0.870. The SMILES string of the molecule is CC(C)(C)OC(=O)N1CCC(O)(C(N)c2ccsn2)CC1. The molecule has 0 radical (unpaired) electrons. The van der Waals surface area contributed by atoms with Crippen molar-refractivity contribution >= 4 is 17.6 Å². The number of aliphatic hydroxyl groups is 1. The fraction of sp³-hybridized carbons (Fsp3) is 0.714. The number of nitrogens with two attached hydrogens (primary N) is 1. The van der Waals surface area contributed by atoms with Crippen molar-refractivity contribution in [3.8, 4) is 0 Å². The molecule has 1 fully saturated rings. The number of carbonyl (C=O) groups excluding carboxylic acids is 1. The Balaban J connectivity index is 1.95. The Hall–Kier alpha value is -1.18. The van der Waals surface area contributed by atoms with Gasteiger partial charge in [-0.25, -0.2) is 4.79 Å². The van der Waals surface area contributed by atoms with Crippen LogP contribution in [0.3, 0.4) is 0 Å². The molecular weight excluding hydrogens is 290 g/mol. The van der Waals surface area contributed by atoms with Gasteiger partial charge in [0.15, 0.2) is 0 Å². The van der Waals surface area contributed by atoms with Crippen LogP contribution >= 0.6 is 11.5 Å². The van der Waals surface area contributed by atoms with Crippen molar-refractivity contribution in [2.24, 2.45) is 5.73 Å². The molecule has 3 N–H and O–H groups in total. The highest BCUT2D eigenvalue weighted by Gasteiger charge is 2.41. The smallest absolute Gasteiger partial charge is 0.410 e. The van der Waals surface area contributed by atoms with Crippen LogP contribution in [0.15, 0.2) is 11.4 Å². The lowest BCUT2D eigenvalue weighted by Crippen LogP contribution is -2.52. The molecule has 1 aromatic heterocycles. The van der Waals surface area contributed by atoms with Gasteiger partial charge in [-0.2, -0.15) is 4.37 Å². The molecule has 1 unspecified atom stereocenters. The van der Waals surface area contributed by atoms with E-state index in [9.17, 15) is 9.90 Å². The summed E-state index contributed by atoms with van der Waals surface area (Å²) in [7, 11) is 0. The highest BCUT2D eigenvalue weighted by molar-refractivity contribution is 7.03. The van der Waals surface area contributed by atoms with Crippen LogP contribution in [-0.2, 0) is 4.74 Å². The molecule has 2 heterocycles. The molecule has 0 aromatic carbocycles. The molecule has 6 nitrogen and oxygen atoms in total. The summed E-state index contributed by atoms with van der Waals surface area (Å²) in [5.41, 5.74) is 5.30. The van der Waals surface area contributed by atoms with E-state index in [1.165, 1.54) is 11.5 Å². The van der Waals surface area contributed by atoms with Gasteiger partial charge < -0.3 is 20.5 Å². The summed E-state index contributed by atoms with van der Waals surface area (Å²) in [6.07, 6.45) is 0.502. The van der Waals surface area contributed by atoms with E-state index in [4.69, 9.17) is 10.5 Å². The van der Waals surface area contributed by atoms with Crippen molar-refractivity contribution in [3.63, 3.8) is 0 Å². The van der Waals surface area contributed by atoms with E-state index in [1.807, 2.05) is 32.2 Å². The van der Waals surface area contributed by atoms with Crippen LogP contribution in [0, 0.1) is 0 Å². The Labute approximate surface area is 129 Å². The summed E-state index contributed by atoms with van der Waals surface area (Å²) in [6, 6.07) is 1.30. The molecule has 1 aromatic rings. The lowest BCUT2D eigenvalue weighted by molar-refractivity contribution is -0.0481. The minimum atomic E-state index is -1.02. The van der Waals surface area contributed by atoms with Gasteiger partial charge in [-0.3, -0.25) is 0 Å². The van der Waals surface area contributed by atoms with Crippen molar-refractivity contribution in [1.29, 1.82) is 0 Å². The molecule has 1 amide bonds. The molecule has 1 aliphatic rings. The average molecular weight is 313 g/mol. The van der Waals surface area contributed by atoms with Crippen LogP contribution in [0.5, 0.6) is 0 Å². The summed E-state index contributed by atoms with van der Waals surface area (Å²) in [5, 5.41) is 12.5. The zero-order chi connectivity index (χ0) is 15.7. The summed E-state index contributed by atoms with van der Waals surface area (Å²) >= 11 is 1.32. The topological polar surface area (TPSA) is 88.7 Å². The van der Waals surface area contributed by atoms with Crippen molar-refractivity contribution in [3.05, 3.63) is 17.1 Å². The predicted molar refractivity (Wildman–Crippen MR) is 81.0 cm³/mol. The Morgan fingerprint density at radius 2 is 2.14 bits per heavy atom. The van der Waals surface area contributed by atoms with Gasteiger partial charge in [-0.15, -0.1) is 0 Å². The number of ether oxygens (including phenoxy) is 1. The van der Waals surface area contributed by atoms with Crippen molar-refractivity contribution in [2.75, 3.05) is 13.1 Å². The molecular formula is C14H23N3O3S. The summed E-state index contributed by atoms with van der Waals surface area (Å²) in [5.74, 6) is 0. The third-order valence-corrected chi connectivity index (χ3v) is 4.21. The maximum atomic E-state index is 12.0. The van der Waals surface area contributed by atoms with Gasteiger partial charge in [0.05, 0.1) is 17.3 Å². The van der Waals surface area contributed by atoms with E-state index in [-0.39, 0.29) is 6.09 Å². The number of piperidine rings is 1. The molecule has 0 aliphatic carbocycles. The second kappa shape index (κ2) is 5.90. The number of likely N-dealkylation sites (tertiary alicyclic amines) is 1. The Bertz CT molecular complexity index is 476. The number of hydrogen-bond donors (Lipinski definition) is 2. The first kappa shape index (κ1) is 16.2. The standard InChI is InChI=1S/C14H23N3O3S/c1-13(2,3)20-12(18)17-7-5-14(19,6-8-17)11(15)10-4-9-21-16-10/h4,9,11,19H,5-8,15H2,1-3H3. The van der Waals surface area contributed by atoms with Gasteiger partial charge >= 0.3 is 6.09 Å². The van der Waals surface area contributed by atoms with Gasteiger partial charge in [0.1, 0.15) is 5.60 Å². The number of amides is 1. The molecule has 21 heavy (non-hydrogen) atoms. The number of hydrogen-bond acceptors (Lipinski definition) is 6. The van der Waals surface area contributed by atoms with Gasteiger partial charge in [0.2, 0.25) is 0 Å². The zero-order valence-corrected chi connectivity index (χ0v) is 13.5. The average Bonchev–Trinajstić information content (AvgIpc) is 2.90. The van der Waals surface area contributed by atoms with E-state index in [0.29, 0.717) is 31.6 Å². The zero-order valence-electron chi connectivity index (χ0n) is 12.7. The van der Waals surface area contributed by atoms with E-state index >= 15 is 0 Å². The van der Waals surface area contributed by atoms with Gasteiger partial charge in [-0.05, 0) is 51.2 Å². The Morgan fingerprint density at radius 3 is 2.62 bits per heavy atom. The fourth-order valence-corrected chi connectivity index (χ4v) is 2.93.